The summed E-state index contributed by atoms with van der Waals surface area (Å²) in [5, 5.41) is 9.73. The number of carboxylic acids is 1. The van der Waals surface area contributed by atoms with Crippen LogP contribution in [0, 0.1) is 17.3 Å². The molecule has 0 aliphatic heterocycles. The monoisotopic (exact) mass is 850 g/mol. The summed E-state index contributed by atoms with van der Waals surface area (Å²) in [6.45, 7) is 42.6. The van der Waals surface area contributed by atoms with Gasteiger partial charge < -0.3 is 18.4 Å². The zero-order valence-electron chi connectivity index (χ0n) is 39.9. The second-order valence-corrected chi connectivity index (χ2v) is 36.0. The first-order chi connectivity index (χ1) is 25.6. The summed E-state index contributed by atoms with van der Waals surface area (Å²) in [5.74, 6) is -1.65. The van der Waals surface area contributed by atoms with E-state index in [0.29, 0.717) is 18.5 Å². The van der Waals surface area contributed by atoms with Crippen LogP contribution >= 0.6 is 0 Å². The molecular formula is C46H84FNO6Si3. The first-order valence-electron chi connectivity index (χ1n) is 21.3. The molecule has 0 unspecified atom stereocenters. The van der Waals surface area contributed by atoms with Crippen molar-refractivity contribution in [2.45, 2.75) is 208 Å². The van der Waals surface area contributed by atoms with Crippen LogP contribution in [0.1, 0.15) is 141 Å². The van der Waals surface area contributed by atoms with E-state index >= 15 is 4.39 Å². The highest BCUT2D eigenvalue weighted by Gasteiger charge is 2.50. The van der Waals surface area contributed by atoms with Gasteiger partial charge in [-0.1, -0.05) is 108 Å². The number of allylic oxidation sites excluding steroid dienone is 1. The maximum atomic E-state index is 15.9. The lowest BCUT2D eigenvalue weighted by molar-refractivity contribution is -0.147. The minimum Gasteiger partial charge on any atom is -0.481 e. The van der Waals surface area contributed by atoms with Crippen molar-refractivity contribution in [1.29, 1.82) is 0 Å². The smallest absolute Gasteiger partial charge is 0.305 e. The van der Waals surface area contributed by atoms with Gasteiger partial charge in [0.1, 0.15) is 17.7 Å². The third-order valence-electron chi connectivity index (χ3n) is 13.4. The van der Waals surface area contributed by atoms with Crippen LogP contribution in [0.25, 0.3) is 6.08 Å². The van der Waals surface area contributed by atoms with E-state index in [0.717, 1.165) is 19.3 Å². The van der Waals surface area contributed by atoms with Gasteiger partial charge in [0, 0.05) is 17.5 Å². The van der Waals surface area contributed by atoms with Crippen molar-refractivity contribution >= 4 is 42.8 Å². The molecule has 0 fully saturated rings. The van der Waals surface area contributed by atoms with Crippen molar-refractivity contribution in [3.8, 4) is 0 Å². The van der Waals surface area contributed by atoms with E-state index in [1.165, 1.54) is 11.6 Å². The van der Waals surface area contributed by atoms with Crippen molar-refractivity contribution in [3.05, 3.63) is 47.6 Å². The molecule has 0 bridgehead atoms. The molecule has 1 aromatic rings. The zero-order valence-corrected chi connectivity index (χ0v) is 42.9. The fraction of sp³-hybridized carbons (Fsp3) is 0.761. The molecule has 5 atom stereocenters. The molecule has 0 aliphatic carbocycles. The lowest BCUT2D eigenvalue weighted by Crippen LogP contribution is -2.54. The average Bonchev–Trinajstić information content (AvgIpc) is 3.04. The molecule has 57 heavy (non-hydrogen) atoms. The predicted octanol–water partition coefficient (Wildman–Crippen LogP) is 13.8. The number of carboxylic acid groups (broad SMARTS) is 1. The van der Waals surface area contributed by atoms with Gasteiger partial charge in [-0.05, 0) is 118 Å². The second-order valence-electron chi connectivity index (χ2n) is 21.7. The maximum Gasteiger partial charge on any atom is 0.305 e. The normalized spacial score (nSPS) is 17.2. The van der Waals surface area contributed by atoms with Crippen LogP contribution in [0.5, 0.6) is 0 Å². The SMILES string of the molecule is CC[C@@H](C(=O)C(C)(C)[C@H](CC(=O)O)O[Si](C)(C)C(C)(C)C)[C@@H](O[Si](C)(C)C(C)(C)C)[C@@H](C)CCCC(C)=CC[C@H](O[Si](C)(C)C(C)(C)C)C(F)=Cc1ccccn1. The second kappa shape index (κ2) is 20.7. The number of ketones is 1. The summed E-state index contributed by atoms with van der Waals surface area (Å²) in [6, 6.07) is 5.46. The fourth-order valence-electron chi connectivity index (χ4n) is 6.17. The number of aliphatic carboxylic acids is 1. The summed E-state index contributed by atoms with van der Waals surface area (Å²) < 4.78 is 36.5. The van der Waals surface area contributed by atoms with Crippen LogP contribution in [0.2, 0.25) is 54.4 Å². The van der Waals surface area contributed by atoms with Crippen LogP contribution in [-0.2, 0) is 22.9 Å². The van der Waals surface area contributed by atoms with E-state index < -0.39 is 54.5 Å². The molecule has 1 aromatic heterocycles. The minimum atomic E-state index is -2.41. The van der Waals surface area contributed by atoms with Gasteiger partial charge in [-0.15, -0.1) is 0 Å². The van der Waals surface area contributed by atoms with Crippen LogP contribution in [-0.4, -0.2) is 65.1 Å². The van der Waals surface area contributed by atoms with Gasteiger partial charge in [-0.3, -0.25) is 14.6 Å². The molecule has 1 heterocycles. The van der Waals surface area contributed by atoms with Gasteiger partial charge in [0.25, 0.3) is 0 Å². The van der Waals surface area contributed by atoms with Gasteiger partial charge in [-0.25, -0.2) is 4.39 Å². The Morgan fingerprint density at radius 2 is 1.35 bits per heavy atom. The van der Waals surface area contributed by atoms with E-state index in [2.05, 4.69) is 127 Å². The van der Waals surface area contributed by atoms with Crippen molar-refractivity contribution in [3.63, 3.8) is 0 Å². The number of carbonyl (C=O) groups is 2. The Labute approximate surface area is 351 Å². The molecule has 0 spiro atoms. The molecule has 328 valence electrons. The zero-order chi connectivity index (χ0) is 44.6. The number of carbonyl (C=O) groups excluding carboxylic acids is 1. The highest BCUT2D eigenvalue weighted by atomic mass is 28.4. The summed E-state index contributed by atoms with van der Waals surface area (Å²) in [7, 11) is -7.02. The van der Waals surface area contributed by atoms with Gasteiger partial charge in [-0.2, -0.15) is 0 Å². The molecule has 1 N–H and O–H groups in total. The Morgan fingerprint density at radius 1 is 0.842 bits per heavy atom. The highest BCUT2D eigenvalue weighted by Crippen LogP contribution is 2.45. The number of halogens is 1. The molecule has 0 aromatic carbocycles. The summed E-state index contributed by atoms with van der Waals surface area (Å²) in [6.07, 6.45) is 6.79. The maximum absolute atomic E-state index is 15.9. The molecule has 11 heteroatoms. The van der Waals surface area contributed by atoms with E-state index in [1.807, 2.05) is 32.9 Å². The van der Waals surface area contributed by atoms with Gasteiger partial charge in [0.15, 0.2) is 25.0 Å². The third-order valence-corrected chi connectivity index (χ3v) is 26.9. The van der Waals surface area contributed by atoms with Crippen molar-refractivity contribution in [2.24, 2.45) is 17.3 Å². The minimum absolute atomic E-state index is 0.00940. The standard InChI is InChI=1S/C46H84FNO6Si3/c1-21-36(42(51)46(13,14)39(32-40(49)50)53-56(17,18)44(7,8)9)41(54-57(19,20)45(10,11)12)34(3)26-24-25-33(2)28-29-38(52-55(15,16)43(4,5)6)37(47)31-35-27-22-23-30-48-35/h22-23,27-28,30-31,34,36,38-39,41H,21,24-26,29,32H2,1-20H3,(H,49,50)/t34-,36+,38-,39-,41-/m0/s1. The predicted molar refractivity (Wildman–Crippen MR) is 246 cm³/mol. The van der Waals surface area contributed by atoms with Gasteiger partial charge >= 0.3 is 5.97 Å². The quantitative estimate of drug-likeness (QED) is 0.0917. The first-order valence-corrected chi connectivity index (χ1v) is 30.1. The van der Waals surface area contributed by atoms with E-state index in [1.54, 1.807) is 12.3 Å². The lowest BCUT2D eigenvalue weighted by Gasteiger charge is -2.47. The molecule has 1 rings (SSSR count). The molecule has 0 saturated heterocycles. The number of hydrogen-bond acceptors (Lipinski definition) is 6. The lowest BCUT2D eigenvalue weighted by atomic mass is 9.71. The number of aromatic nitrogens is 1. The summed E-state index contributed by atoms with van der Waals surface area (Å²) in [4.78, 5) is 31.4. The van der Waals surface area contributed by atoms with Gasteiger partial charge in [0.2, 0.25) is 0 Å². The fourth-order valence-corrected chi connectivity index (χ4v) is 10.3. The number of rotatable bonds is 22. The molecule has 0 saturated carbocycles. The van der Waals surface area contributed by atoms with Gasteiger partial charge in [0.05, 0.1) is 24.3 Å². The molecule has 0 amide bonds. The first kappa shape index (κ1) is 53.2. The number of Topliss-reactive ketones (excluding diaryl/α,β-unsaturated/α-hetero) is 1. The highest BCUT2D eigenvalue weighted by molar-refractivity contribution is 6.75. The van der Waals surface area contributed by atoms with Crippen LogP contribution in [0.3, 0.4) is 0 Å². The van der Waals surface area contributed by atoms with Crippen molar-refractivity contribution < 1.29 is 32.4 Å². The van der Waals surface area contributed by atoms with Crippen LogP contribution in [0.4, 0.5) is 4.39 Å². The van der Waals surface area contributed by atoms with E-state index in [4.69, 9.17) is 13.3 Å². The van der Waals surface area contributed by atoms with Crippen molar-refractivity contribution in [2.75, 3.05) is 0 Å². The molecule has 0 aliphatic rings. The summed E-state index contributed by atoms with van der Waals surface area (Å²) >= 11 is 0. The molecular weight excluding hydrogens is 766 g/mol. The summed E-state index contributed by atoms with van der Waals surface area (Å²) in [5.41, 5.74) is 0.685. The molecule has 7 nitrogen and oxygen atoms in total. The largest absolute Gasteiger partial charge is 0.481 e. The number of hydrogen-bond donors (Lipinski definition) is 1. The van der Waals surface area contributed by atoms with Crippen LogP contribution < -0.4 is 0 Å². The topological polar surface area (TPSA) is 95.0 Å². The third kappa shape index (κ3) is 15.6. The van der Waals surface area contributed by atoms with Crippen molar-refractivity contribution in [1.82, 2.24) is 4.98 Å². The average molecular weight is 850 g/mol. The number of pyridine rings is 1. The Hall–Kier alpha value is -1.77. The van der Waals surface area contributed by atoms with E-state index in [-0.39, 0.29) is 45.2 Å². The Bertz CT molecular complexity index is 1500. The molecule has 0 radical (unpaired) electrons. The van der Waals surface area contributed by atoms with E-state index in [9.17, 15) is 14.7 Å². The Kier molecular flexibility index (Phi) is 19.3. The van der Waals surface area contributed by atoms with Crippen LogP contribution in [0.15, 0.2) is 41.9 Å². The number of nitrogens with zero attached hydrogens (tertiary/aromatic N) is 1. The Balaban J connectivity index is 3.44. The Morgan fingerprint density at radius 3 is 1.81 bits per heavy atom.